The average molecular weight is 315 g/mol. The van der Waals surface area contributed by atoms with E-state index in [1.54, 1.807) is 44.4 Å². The number of hydrogen-bond donors (Lipinski definition) is 0. The van der Waals surface area contributed by atoms with Gasteiger partial charge in [0.2, 0.25) is 0 Å². The minimum Gasteiger partial charge on any atom is -0.497 e. The molecule has 2 aromatic rings. The van der Waals surface area contributed by atoms with Crippen LogP contribution in [0.2, 0.25) is 0 Å². The van der Waals surface area contributed by atoms with Gasteiger partial charge in [-0.3, -0.25) is 4.79 Å². The second-order valence-electron chi connectivity index (χ2n) is 5.08. The predicted molar refractivity (Wildman–Crippen MR) is 88.3 cm³/mol. The fraction of sp³-hybridized carbons (Fsp3) is 0.278. The first kappa shape index (κ1) is 16.7. The number of ether oxygens (including phenoxy) is 3. The number of carbonyl (C=O) groups is 1. The van der Waals surface area contributed by atoms with Crippen LogP contribution in [0.3, 0.4) is 0 Å². The Labute approximate surface area is 136 Å². The molecule has 0 spiro atoms. The first-order valence-corrected chi connectivity index (χ1v) is 7.19. The Morgan fingerprint density at radius 1 is 0.957 bits per heavy atom. The summed E-state index contributed by atoms with van der Waals surface area (Å²) < 4.78 is 15.7. The van der Waals surface area contributed by atoms with Crippen molar-refractivity contribution in [3.05, 3.63) is 53.6 Å². The lowest BCUT2D eigenvalue weighted by Crippen LogP contribution is -2.26. The maximum absolute atomic E-state index is 12.7. The average Bonchev–Trinajstić information content (AvgIpc) is 2.60. The number of carbonyl (C=O) groups excluding carboxylic acids is 1. The second-order valence-corrected chi connectivity index (χ2v) is 5.08. The monoisotopic (exact) mass is 315 g/mol. The lowest BCUT2D eigenvalue weighted by Gasteiger charge is -2.19. The third-order valence-electron chi connectivity index (χ3n) is 3.54. The van der Waals surface area contributed by atoms with Crippen molar-refractivity contribution in [1.29, 1.82) is 0 Å². The smallest absolute Gasteiger partial charge is 0.257 e. The van der Waals surface area contributed by atoms with E-state index in [0.717, 1.165) is 11.3 Å². The highest BCUT2D eigenvalue weighted by atomic mass is 16.5. The summed E-state index contributed by atoms with van der Waals surface area (Å²) in [5.74, 6) is 1.79. The van der Waals surface area contributed by atoms with E-state index in [0.29, 0.717) is 23.6 Å². The van der Waals surface area contributed by atoms with Crippen molar-refractivity contribution in [2.24, 2.45) is 0 Å². The van der Waals surface area contributed by atoms with Crippen molar-refractivity contribution in [2.45, 2.75) is 6.54 Å². The number of amides is 1. The molecule has 2 aromatic carbocycles. The van der Waals surface area contributed by atoms with Gasteiger partial charge in [0.15, 0.2) is 0 Å². The first-order chi connectivity index (χ1) is 11.1. The summed E-state index contributed by atoms with van der Waals surface area (Å²) in [5.41, 5.74) is 1.49. The zero-order valence-electron chi connectivity index (χ0n) is 13.8. The first-order valence-electron chi connectivity index (χ1n) is 7.19. The molecule has 0 N–H and O–H groups in total. The Morgan fingerprint density at radius 3 is 2.30 bits per heavy atom. The van der Waals surface area contributed by atoms with Gasteiger partial charge in [-0.15, -0.1) is 0 Å². The SMILES string of the molecule is COc1cccc(CN(C)C(=O)c2ccc(OC)cc2OC)c1. The van der Waals surface area contributed by atoms with Crippen molar-refractivity contribution >= 4 is 5.91 Å². The van der Waals surface area contributed by atoms with E-state index >= 15 is 0 Å². The molecule has 0 bridgehead atoms. The largest absolute Gasteiger partial charge is 0.497 e. The summed E-state index contributed by atoms with van der Waals surface area (Å²) in [7, 11) is 6.49. The van der Waals surface area contributed by atoms with E-state index in [4.69, 9.17) is 14.2 Å². The summed E-state index contributed by atoms with van der Waals surface area (Å²) in [5, 5.41) is 0. The third kappa shape index (κ3) is 3.94. The van der Waals surface area contributed by atoms with Gasteiger partial charge in [-0.2, -0.15) is 0 Å². The van der Waals surface area contributed by atoms with Crippen LogP contribution < -0.4 is 14.2 Å². The molecule has 2 rings (SSSR count). The molecule has 5 heteroatoms. The molecule has 0 aliphatic rings. The van der Waals surface area contributed by atoms with Crippen LogP contribution in [0.5, 0.6) is 17.2 Å². The molecule has 0 unspecified atom stereocenters. The maximum Gasteiger partial charge on any atom is 0.257 e. The Hall–Kier alpha value is -2.69. The van der Waals surface area contributed by atoms with Crippen LogP contribution >= 0.6 is 0 Å². The summed E-state index contributed by atoms with van der Waals surface area (Å²) >= 11 is 0. The van der Waals surface area contributed by atoms with Gasteiger partial charge < -0.3 is 19.1 Å². The summed E-state index contributed by atoms with van der Waals surface area (Å²) in [6, 6.07) is 12.8. The van der Waals surface area contributed by atoms with E-state index in [1.807, 2.05) is 24.3 Å². The van der Waals surface area contributed by atoms with Gasteiger partial charge in [-0.1, -0.05) is 12.1 Å². The third-order valence-corrected chi connectivity index (χ3v) is 3.54. The van der Waals surface area contributed by atoms with E-state index in [2.05, 4.69) is 0 Å². The second kappa shape index (κ2) is 7.54. The molecule has 0 aliphatic heterocycles. The lowest BCUT2D eigenvalue weighted by molar-refractivity contribution is 0.0781. The molecule has 0 saturated carbocycles. The van der Waals surface area contributed by atoms with Gasteiger partial charge in [0.1, 0.15) is 17.2 Å². The van der Waals surface area contributed by atoms with E-state index in [-0.39, 0.29) is 5.91 Å². The van der Waals surface area contributed by atoms with Crippen LogP contribution in [0, 0.1) is 0 Å². The molecule has 0 radical (unpaired) electrons. The molecular weight excluding hydrogens is 294 g/mol. The lowest BCUT2D eigenvalue weighted by atomic mass is 10.1. The van der Waals surface area contributed by atoms with Crippen molar-refractivity contribution in [3.8, 4) is 17.2 Å². The van der Waals surface area contributed by atoms with Gasteiger partial charge in [0, 0.05) is 19.7 Å². The molecule has 0 saturated heterocycles. The minimum atomic E-state index is -0.118. The molecular formula is C18H21NO4. The predicted octanol–water partition coefficient (Wildman–Crippen LogP) is 2.98. The number of nitrogens with zero attached hydrogens (tertiary/aromatic N) is 1. The zero-order valence-corrected chi connectivity index (χ0v) is 13.8. The normalized spacial score (nSPS) is 10.1. The molecule has 0 fully saturated rings. The highest BCUT2D eigenvalue weighted by molar-refractivity contribution is 5.97. The van der Waals surface area contributed by atoms with Crippen LogP contribution in [-0.2, 0) is 6.54 Å². The number of benzene rings is 2. The minimum absolute atomic E-state index is 0.118. The fourth-order valence-electron chi connectivity index (χ4n) is 2.30. The highest BCUT2D eigenvalue weighted by Crippen LogP contribution is 2.26. The van der Waals surface area contributed by atoms with Crippen LogP contribution in [0.15, 0.2) is 42.5 Å². The van der Waals surface area contributed by atoms with Gasteiger partial charge in [0.25, 0.3) is 5.91 Å². The molecule has 1 amide bonds. The number of rotatable bonds is 6. The number of methoxy groups -OCH3 is 3. The molecule has 0 heterocycles. The highest BCUT2D eigenvalue weighted by Gasteiger charge is 2.17. The molecule has 0 aliphatic carbocycles. The standard InChI is InChI=1S/C18H21NO4/c1-19(12-13-6-5-7-14(10-13)21-2)18(20)16-9-8-15(22-3)11-17(16)23-4/h5-11H,12H2,1-4H3. The Morgan fingerprint density at radius 2 is 1.65 bits per heavy atom. The fourth-order valence-corrected chi connectivity index (χ4v) is 2.30. The molecule has 122 valence electrons. The number of hydrogen-bond acceptors (Lipinski definition) is 4. The van der Waals surface area contributed by atoms with Gasteiger partial charge in [0.05, 0.1) is 26.9 Å². The summed E-state index contributed by atoms with van der Waals surface area (Å²) in [6.45, 7) is 0.477. The quantitative estimate of drug-likeness (QED) is 0.822. The Kier molecular flexibility index (Phi) is 5.46. The topological polar surface area (TPSA) is 48.0 Å². The Balaban J connectivity index is 2.19. The van der Waals surface area contributed by atoms with Gasteiger partial charge >= 0.3 is 0 Å². The van der Waals surface area contributed by atoms with E-state index in [9.17, 15) is 4.79 Å². The van der Waals surface area contributed by atoms with Crippen LogP contribution in [0.1, 0.15) is 15.9 Å². The van der Waals surface area contributed by atoms with Crippen LogP contribution in [0.25, 0.3) is 0 Å². The van der Waals surface area contributed by atoms with Gasteiger partial charge in [-0.05, 0) is 29.8 Å². The maximum atomic E-state index is 12.7. The van der Waals surface area contributed by atoms with Crippen molar-refractivity contribution < 1.29 is 19.0 Å². The summed E-state index contributed by atoms with van der Waals surface area (Å²) in [4.78, 5) is 14.3. The van der Waals surface area contributed by atoms with Crippen LogP contribution in [0.4, 0.5) is 0 Å². The van der Waals surface area contributed by atoms with Crippen molar-refractivity contribution in [1.82, 2.24) is 4.90 Å². The zero-order chi connectivity index (χ0) is 16.8. The van der Waals surface area contributed by atoms with Crippen LogP contribution in [-0.4, -0.2) is 39.2 Å². The summed E-state index contributed by atoms with van der Waals surface area (Å²) in [6.07, 6.45) is 0. The van der Waals surface area contributed by atoms with Crippen molar-refractivity contribution in [2.75, 3.05) is 28.4 Å². The van der Waals surface area contributed by atoms with E-state index in [1.165, 1.54) is 7.11 Å². The van der Waals surface area contributed by atoms with Crippen molar-refractivity contribution in [3.63, 3.8) is 0 Å². The molecule has 5 nitrogen and oxygen atoms in total. The molecule has 0 atom stereocenters. The van der Waals surface area contributed by atoms with E-state index < -0.39 is 0 Å². The molecule has 23 heavy (non-hydrogen) atoms. The Bertz CT molecular complexity index is 684. The molecule has 0 aromatic heterocycles. The van der Waals surface area contributed by atoms with Gasteiger partial charge in [-0.25, -0.2) is 0 Å².